The fourth-order valence-electron chi connectivity index (χ4n) is 4.73. The Morgan fingerprint density at radius 3 is 2.73 bits per heavy atom. The average molecular weight is 450 g/mol. The van der Waals surface area contributed by atoms with E-state index in [4.69, 9.17) is 13.9 Å². The number of rotatable bonds is 7. The molecule has 3 aromatic rings. The molecule has 2 aromatic carbocycles. The van der Waals surface area contributed by atoms with Crippen molar-refractivity contribution in [2.75, 3.05) is 46.0 Å². The highest BCUT2D eigenvalue weighted by Crippen LogP contribution is 2.38. The smallest absolute Gasteiger partial charge is 0.291 e. The fraction of sp³-hybridized carbons (Fsp3) is 0.385. The number of benzene rings is 2. The number of nitrogens with zero attached hydrogens (tertiary/aromatic N) is 1. The van der Waals surface area contributed by atoms with Crippen LogP contribution in [0.3, 0.4) is 0 Å². The van der Waals surface area contributed by atoms with Gasteiger partial charge in [0.05, 0.1) is 49.9 Å². The van der Waals surface area contributed by atoms with Crippen LogP contribution in [-0.2, 0) is 4.74 Å². The Morgan fingerprint density at radius 1 is 1.09 bits per heavy atom. The quantitative estimate of drug-likeness (QED) is 0.598. The molecule has 1 fully saturated rings. The van der Waals surface area contributed by atoms with Crippen molar-refractivity contribution in [3.8, 4) is 5.75 Å². The number of fused-ring (bicyclic) bond motifs is 2. The summed E-state index contributed by atoms with van der Waals surface area (Å²) < 4.78 is 17.3. The van der Waals surface area contributed by atoms with Crippen LogP contribution < -0.4 is 15.1 Å². The van der Waals surface area contributed by atoms with Crippen LogP contribution in [0.5, 0.6) is 5.75 Å². The predicted molar refractivity (Wildman–Crippen MR) is 124 cm³/mol. The minimum absolute atomic E-state index is 0.147. The van der Waals surface area contributed by atoms with Crippen LogP contribution in [-0.4, -0.2) is 56.8 Å². The number of morpholine rings is 1. The maximum Gasteiger partial charge on any atom is 0.291 e. The molecule has 33 heavy (non-hydrogen) atoms. The van der Waals surface area contributed by atoms with Crippen molar-refractivity contribution in [3.63, 3.8) is 0 Å². The summed E-state index contributed by atoms with van der Waals surface area (Å²) in [6.45, 7) is 7.28. The third-order valence-electron chi connectivity index (χ3n) is 6.43. The van der Waals surface area contributed by atoms with E-state index in [1.165, 1.54) is 4.90 Å². The zero-order valence-electron chi connectivity index (χ0n) is 18.8. The summed E-state index contributed by atoms with van der Waals surface area (Å²) in [5.41, 5.74) is 1.57. The molecule has 0 spiro atoms. The molecule has 2 aliphatic rings. The highest BCUT2D eigenvalue weighted by molar-refractivity contribution is 5.99. The molecule has 0 radical (unpaired) electrons. The first-order valence-electron chi connectivity index (χ1n) is 11.7. The SMILES string of the molecule is CCCOc1cccc([C@@H]2c3c(oc4ccccc4c3=O)C(=O)N2CC[NH+]2CCOCC2)c1. The molecule has 1 atom stereocenters. The Morgan fingerprint density at radius 2 is 1.91 bits per heavy atom. The lowest BCUT2D eigenvalue weighted by Gasteiger charge is -2.29. The van der Waals surface area contributed by atoms with Gasteiger partial charge in [-0.2, -0.15) is 0 Å². The minimum Gasteiger partial charge on any atom is -0.494 e. The van der Waals surface area contributed by atoms with Crippen molar-refractivity contribution >= 4 is 16.9 Å². The van der Waals surface area contributed by atoms with Gasteiger partial charge >= 0.3 is 0 Å². The lowest BCUT2D eigenvalue weighted by molar-refractivity contribution is -0.907. The summed E-state index contributed by atoms with van der Waals surface area (Å²) in [7, 11) is 0. The van der Waals surface area contributed by atoms with E-state index in [9.17, 15) is 9.59 Å². The zero-order valence-corrected chi connectivity index (χ0v) is 18.8. The van der Waals surface area contributed by atoms with Crippen LogP contribution in [0.4, 0.5) is 0 Å². The molecule has 1 N–H and O–H groups in total. The summed E-state index contributed by atoms with van der Waals surface area (Å²) in [5.74, 6) is 0.658. The van der Waals surface area contributed by atoms with Crippen molar-refractivity contribution in [3.05, 3.63) is 75.6 Å². The highest BCUT2D eigenvalue weighted by atomic mass is 16.5. The van der Waals surface area contributed by atoms with Gasteiger partial charge in [-0.25, -0.2) is 0 Å². The van der Waals surface area contributed by atoms with Crippen LogP contribution in [0.1, 0.15) is 41.1 Å². The molecule has 1 amide bonds. The number of para-hydroxylation sites is 1. The second-order valence-corrected chi connectivity index (χ2v) is 8.60. The number of quaternary nitrogens is 1. The van der Waals surface area contributed by atoms with Gasteiger partial charge in [0.25, 0.3) is 5.91 Å². The maximum atomic E-state index is 13.6. The maximum absolute atomic E-state index is 13.6. The van der Waals surface area contributed by atoms with Gasteiger partial charge in [0.2, 0.25) is 5.76 Å². The van der Waals surface area contributed by atoms with Gasteiger partial charge in [0, 0.05) is 0 Å². The summed E-state index contributed by atoms with van der Waals surface area (Å²) in [6, 6.07) is 14.3. The third-order valence-corrected chi connectivity index (χ3v) is 6.43. The number of nitrogens with one attached hydrogen (secondary N) is 1. The molecule has 0 unspecified atom stereocenters. The van der Waals surface area contributed by atoms with Crippen LogP contribution in [0.2, 0.25) is 0 Å². The Balaban J connectivity index is 1.57. The van der Waals surface area contributed by atoms with Gasteiger partial charge in [-0.15, -0.1) is 0 Å². The molecule has 7 heteroatoms. The number of hydrogen-bond donors (Lipinski definition) is 1. The zero-order chi connectivity index (χ0) is 22.8. The van der Waals surface area contributed by atoms with Gasteiger partial charge in [0.15, 0.2) is 5.43 Å². The lowest BCUT2D eigenvalue weighted by Crippen LogP contribution is -3.14. The Bertz CT molecular complexity index is 1210. The topological polar surface area (TPSA) is 73.4 Å². The number of hydrogen-bond acceptors (Lipinski definition) is 5. The first-order valence-corrected chi connectivity index (χ1v) is 11.7. The second kappa shape index (κ2) is 9.37. The Labute approximate surface area is 192 Å². The van der Waals surface area contributed by atoms with Gasteiger partial charge in [-0.1, -0.05) is 31.2 Å². The predicted octanol–water partition coefficient (Wildman–Crippen LogP) is 2.04. The first kappa shape index (κ1) is 21.7. The summed E-state index contributed by atoms with van der Waals surface area (Å²) in [5, 5.41) is 0.494. The van der Waals surface area contributed by atoms with E-state index in [2.05, 4.69) is 6.92 Å². The third kappa shape index (κ3) is 4.14. The summed E-state index contributed by atoms with van der Waals surface area (Å²) >= 11 is 0. The van der Waals surface area contributed by atoms with Crippen LogP contribution in [0.25, 0.3) is 11.0 Å². The van der Waals surface area contributed by atoms with Gasteiger partial charge < -0.3 is 23.7 Å². The van der Waals surface area contributed by atoms with E-state index in [0.29, 0.717) is 29.7 Å². The number of amides is 1. The van der Waals surface area contributed by atoms with Crippen LogP contribution in [0, 0.1) is 0 Å². The van der Waals surface area contributed by atoms with E-state index in [-0.39, 0.29) is 17.1 Å². The average Bonchev–Trinajstić information content (AvgIpc) is 3.14. The monoisotopic (exact) mass is 449 g/mol. The molecule has 3 heterocycles. The van der Waals surface area contributed by atoms with Gasteiger partial charge in [-0.3, -0.25) is 9.59 Å². The molecule has 7 nitrogen and oxygen atoms in total. The lowest BCUT2D eigenvalue weighted by atomic mass is 9.98. The van der Waals surface area contributed by atoms with Crippen molar-refractivity contribution < 1.29 is 23.6 Å². The number of ether oxygens (including phenoxy) is 2. The minimum atomic E-state index is -0.501. The molecular weight excluding hydrogens is 420 g/mol. The molecule has 1 saturated heterocycles. The number of carbonyl (C=O) groups is 1. The van der Waals surface area contributed by atoms with Crippen LogP contribution in [0.15, 0.2) is 57.7 Å². The van der Waals surface area contributed by atoms with Crippen molar-refractivity contribution in [1.82, 2.24) is 4.90 Å². The molecule has 0 aliphatic carbocycles. The molecule has 0 saturated carbocycles. The first-order chi connectivity index (χ1) is 16.2. The number of carbonyl (C=O) groups excluding carboxylic acids is 1. The highest BCUT2D eigenvalue weighted by Gasteiger charge is 2.43. The summed E-state index contributed by atoms with van der Waals surface area (Å²) in [4.78, 5) is 30.3. The van der Waals surface area contributed by atoms with Crippen molar-refractivity contribution in [2.45, 2.75) is 19.4 Å². The molecule has 172 valence electrons. The summed E-state index contributed by atoms with van der Waals surface area (Å²) in [6.07, 6.45) is 0.902. The molecule has 1 aromatic heterocycles. The van der Waals surface area contributed by atoms with E-state index in [1.54, 1.807) is 17.0 Å². The van der Waals surface area contributed by atoms with Gasteiger partial charge in [-0.05, 0) is 36.2 Å². The van der Waals surface area contributed by atoms with E-state index >= 15 is 0 Å². The Kier molecular flexibility index (Phi) is 6.15. The second-order valence-electron chi connectivity index (χ2n) is 8.60. The molecule has 2 aliphatic heterocycles. The molecular formula is C26H29N2O5+. The Hall–Kier alpha value is -3.16. The van der Waals surface area contributed by atoms with E-state index in [1.807, 2.05) is 36.4 Å². The standard InChI is InChI=1S/C26H28N2O5/c1-2-14-32-19-7-5-6-18(17-19)23-22-24(29)20-8-3-4-9-21(20)33-25(22)26(30)28(23)11-10-27-12-15-31-16-13-27/h3-9,17,23H,2,10-16H2,1H3/p+1/t23-/m1/s1. The van der Waals surface area contributed by atoms with Crippen molar-refractivity contribution in [1.29, 1.82) is 0 Å². The van der Waals surface area contributed by atoms with Gasteiger partial charge in [0.1, 0.15) is 24.4 Å². The van der Waals surface area contributed by atoms with Crippen LogP contribution >= 0.6 is 0 Å². The molecule has 5 rings (SSSR count). The fourth-order valence-corrected chi connectivity index (χ4v) is 4.73. The largest absolute Gasteiger partial charge is 0.494 e. The van der Waals surface area contributed by atoms with Crippen molar-refractivity contribution in [2.24, 2.45) is 0 Å². The normalized spacial score (nSPS) is 18.6. The molecule has 0 bridgehead atoms. The van der Waals surface area contributed by atoms with E-state index in [0.717, 1.165) is 50.6 Å². The van der Waals surface area contributed by atoms with E-state index < -0.39 is 6.04 Å².